The molecule has 9 nitrogen and oxygen atoms in total. The Balaban J connectivity index is 1.43. The third kappa shape index (κ3) is 4.12. The molecule has 4 heterocycles. The van der Waals surface area contributed by atoms with Gasteiger partial charge in [-0.25, -0.2) is 18.2 Å². The van der Waals surface area contributed by atoms with Crippen molar-refractivity contribution in [3.8, 4) is 11.6 Å². The lowest BCUT2D eigenvalue weighted by Gasteiger charge is -2.58. The van der Waals surface area contributed by atoms with Gasteiger partial charge in [0.05, 0.1) is 35.2 Å². The lowest BCUT2D eigenvalue weighted by atomic mass is 9.58. The Morgan fingerprint density at radius 3 is 2.64 bits per heavy atom. The Kier molecular flexibility index (Phi) is 5.79. The summed E-state index contributed by atoms with van der Waals surface area (Å²) in [5.74, 6) is 1.21. The molecule has 2 aromatic heterocycles. The quantitative estimate of drug-likeness (QED) is 0.564. The van der Waals surface area contributed by atoms with E-state index in [4.69, 9.17) is 9.47 Å². The van der Waals surface area contributed by atoms with Crippen LogP contribution >= 0.6 is 0 Å². The first-order valence-electron chi connectivity index (χ1n) is 11.9. The van der Waals surface area contributed by atoms with Gasteiger partial charge in [0.25, 0.3) is 0 Å². The van der Waals surface area contributed by atoms with Gasteiger partial charge in [0.15, 0.2) is 9.84 Å². The molecule has 192 valence electrons. The fraction of sp³-hybridized carbons (Fsp3) is 0.462. The summed E-state index contributed by atoms with van der Waals surface area (Å²) in [5, 5.41) is 10.5. The van der Waals surface area contributed by atoms with E-state index in [9.17, 15) is 18.3 Å². The fourth-order valence-electron chi connectivity index (χ4n) is 5.50. The third-order valence-electron chi connectivity index (χ3n) is 7.68. The number of amides is 1. The Morgan fingerprint density at radius 1 is 1.22 bits per heavy atom. The van der Waals surface area contributed by atoms with Gasteiger partial charge in [-0.05, 0) is 41.8 Å². The minimum absolute atomic E-state index is 0.0834. The molecular formula is C26H31N3O6S. The van der Waals surface area contributed by atoms with Gasteiger partial charge < -0.3 is 24.0 Å². The summed E-state index contributed by atoms with van der Waals surface area (Å²) >= 11 is 0. The van der Waals surface area contributed by atoms with Crippen LogP contribution in [0, 0.1) is 16.7 Å². The van der Waals surface area contributed by atoms with Crippen molar-refractivity contribution in [1.29, 1.82) is 0 Å². The van der Waals surface area contributed by atoms with Crippen molar-refractivity contribution in [1.82, 2.24) is 14.5 Å². The molecule has 36 heavy (non-hydrogen) atoms. The molecule has 3 aromatic rings. The van der Waals surface area contributed by atoms with Crippen LogP contribution in [0.3, 0.4) is 0 Å². The van der Waals surface area contributed by atoms with E-state index in [0.29, 0.717) is 37.9 Å². The van der Waals surface area contributed by atoms with E-state index in [0.717, 1.165) is 10.9 Å². The molecule has 2 saturated heterocycles. The van der Waals surface area contributed by atoms with Crippen molar-refractivity contribution in [2.45, 2.75) is 31.8 Å². The number of carboxylic acid groups (broad SMARTS) is 1. The largest absolute Gasteiger partial charge is 0.488 e. The van der Waals surface area contributed by atoms with Crippen molar-refractivity contribution in [2.75, 3.05) is 32.6 Å². The number of likely N-dealkylation sites (tertiary alicyclic amines) is 1. The van der Waals surface area contributed by atoms with E-state index in [1.54, 1.807) is 24.4 Å². The van der Waals surface area contributed by atoms with Crippen molar-refractivity contribution in [3.63, 3.8) is 0 Å². The molecule has 10 heteroatoms. The topological polar surface area (TPSA) is 111 Å². The Bertz CT molecular complexity index is 1410. The molecule has 3 unspecified atom stereocenters. The van der Waals surface area contributed by atoms with Crippen LogP contribution in [-0.2, 0) is 14.6 Å². The van der Waals surface area contributed by atoms with Crippen molar-refractivity contribution < 1.29 is 27.8 Å². The van der Waals surface area contributed by atoms with Gasteiger partial charge >= 0.3 is 6.09 Å². The second-order valence-electron chi connectivity index (χ2n) is 10.9. The van der Waals surface area contributed by atoms with Crippen LogP contribution in [0.25, 0.3) is 16.7 Å². The van der Waals surface area contributed by atoms with Gasteiger partial charge in [-0.3, -0.25) is 0 Å². The highest BCUT2D eigenvalue weighted by Gasteiger charge is 2.59. The van der Waals surface area contributed by atoms with E-state index in [1.165, 1.54) is 11.2 Å². The molecule has 2 fully saturated rings. The number of ether oxygens (including phenoxy) is 2. The molecule has 3 atom stereocenters. The van der Waals surface area contributed by atoms with Crippen LogP contribution in [0.15, 0.2) is 53.7 Å². The molecule has 0 saturated carbocycles. The zero-order valence-corrected chi connectivity index (χ0v) is 21.7. The number of aromatic nitrogens is 2. The molecule has 0 aliphatic carbocycles. The van der Waals surface area contributed by atoms with Gasteiger partial charge in [-0.1, -0.05) is 20.8 Å². The Morgan fingerprint density at radius 2 is 2.00 bits per heavy atom. The monoisotopic (exact) mass is 513 g/mol. The van der Waals surface area contributed by atoms with Crippen LogP contribution < -0.4 is 4.74 Å². The van der Waals surface area contributed by atoms with Crippen LogP contribution in [0.1, 0.15) is 20.8 Å². The van der Waals surface area contributed by atoms with Crippen LogP contribution in [0.5, 0.6) is 5.75 Å². The Labute approximate surface area is 210 Å². The summed E-state index contributed by atoms with van der Waals surface area (Å²) in [6.45, 7) is 7.91. The average molecular weight is 514 g/mol. The van der Waals surface area contributed by atoms with E-state index in [1.807, 2.05) is 29.0 Å². The maximum absolute atomic E-state index is 11.9. The highest BCUT2D eigenvalue weighted by Crippen LogP contribution is 2.51. The lowest BCUT2D eigenvalue weighted by Crippen LogP contribution is -2.69. The highest BCUT2D eigenvalue weighted by molar-refractivity contribution is 7.90. The van der Waals surface area contributed by atoms with Gasteiger partial charge in [0, 0.05) is 36.8 Å². The summed E-state index contributed by atoms with van der Waals surface area (Å²) in [7, 11) is -3.29. The zero-order valence-electron chi connectivity index (χ0n) is 20.8. The average Bonchev–Trinajstić information content (AvgIpc) is 3.21. The van der Waals surface area contributed by atoms with Crippen molar-refractivity contribution in [2.24, 2.45) is 16.7 Å². The van der Waals surface area contributed by atoms with E-state index in [2.05, 4.69) is 25.8 Å². The number of carbonyl (C=O) groups is 1. The van der Waals surface area contributed by atoms with E-state index in [-0.39, 0.29) is 22.3 Å². The van der Waals surface area contributed by atoms with Gasteiger partial charge in [0.2, 0.25) is 0 Å². The first-order chi connectivity index (χ1) is 16.9. The summed E-state index contributed by atoms with van der Waals surface area (Å²) < 4.78 is 38.2. The molecular weight excluding hydrogens is 482 g/mol. The van der Waals surface area contributed by atoms with Crippen LogP contribution in [0.2, 0.25) is 0 Å². The summed E-state index contributed by atoms with van der Waals surface area (Å²) in [6.07, 6.45) is 3.61. The predicted molar refractivity (Wildman–Crippen MR) is 134 cm³/mol. The smallest absolute Gasteiger partial charge is 0.407 e. The second-order valence-corrected chi connectivity index (χ2v) is 12.9. The number of piperidine rings is 1. The molecule has 0 spiro atoms. The normalized spacial score (nSPS) is 24.6. The van der Waals surface area contributed by atoms with E-state index >= 15 is 0 Å². The summed E-state index contributed by atoms with van der Waals surface area (Å²) in [6, 6.07) is 10.6. The van der Waals surface area contributed by atoms with Crippen LogP contribution in [-0.4, -0.2) is 72.7 Å². The molecule has 1 aromatic carbocycles. The first-order valence-corrected chi connectivity index (χ1v) is 13.8. The minimum Gasteiger partial charge on any atom is -0.488 e. The Hall–Kier alpha value is -3.11. The number of fused-ring (bicyclic) bond motifs is 3. The molecule has 0 radical (unpaired) electrons. The van der Waals surface area contributed by atoms with Crippen molar-refractivity contribution >= 4 is 26.8 Å². The molecule has 2 aliphatic rings. The minimum atomic E-state index is -3.29. The van der Waals surface area contributed by atoms with Crippen molar-refractivity contribution in [3.05, 3.63) is 48.8 Å². The van der Waals surface area contributed by atoms with Crippen LogP contribution in [0.4, 0.5) is 4.79 Å². The second kappa shape index (κ2) is 8.48. The molecule has 1 amide bonds. The SMILES string of the molecule is CC(C)(C)C12COCC(CN(C(=O)O)C1)C2Oc1ccc(-n2ccc3cc(S(C)(=O)=O)ccc32)nc1. The highest BCUT2D eigenvalue weighted by atomic mass is 32.2. The number of benzene rings is 1. The number of sulfone groups is 1. The zero-order chi connectivity index (χ0) is 25.9. The maximum atomic E-state index is 11.9. The number of rotatable bonds is 4. The van der Waals surface area contributed by atoms with Gasteiger partial charge in [-0.2, -0.15) is 0 Å². The first kappa shape index (κ1) is 24.6. The van der Waals surface area contributed by atoms with E-state index < -0.39 is 21.3 Å². The molecule has 1 N–H and O–H groups in total. The number of hydrogen-bond acceptors (Lipinski definition) is 6. The third-order valence-corrected chi connectivity index (χ3v) is 8.79. The fourth-order valence-corrected chi connectivity index (χ4v) is 6.16. The number of hydrogen-bond donors (Lipinski definition) is 1. The standard InChI is InChI=1S/C26H31N3O6S/c1-25(2,3)26-15-28(24(30)31)13-18(14-34-16-26)23(26)35-19-5-8-22(27-12-19)29-10-9-17-11-20(36(4,32)33)6-7-21(17)29/h5-12,18,23H,13-16H2,1-4H3,(H,30,31). The predicted octanol–water partition coefficient (Wildman–Crippen LogP) is 3.85. The van der Waals surface area contributed by atoms with Gasteiger partial charge in [0.1, 0.15) is 17.7 Å². The van der Waals surface area contributed by atoms with Gasteiger partial charge in [-0.15, -0.1) is 0 Å². The molecule has 2 bridgehead atoms. The lowest BCUT2D eigenvalue weighted by molar-refractivity contribution is -0.203. The molecule has 2 aliphatic heterocycles. The number of nitrogens with zero attached hydrogens (tertiary/aromatic N) is 3. The maximum Gasteiger partial charge on any atom is 0.407 e. The summed E-state index contributed by atoms with van der Waals surface area (Å²) in [5.41, 5.74) is 0.0919. The molecule has 5 rings (SSSR count). The number of pyridine rings is 1. The summed E-state index contributed by atoms with van der Waals surface area (Å²) in [4.78, 5) is 18.2.